The summed E-state index contributed by atoms with van der Waals surface area (Å²) in [6.07, 6.45) is 3.22. The minimum atomic E-state index is -0.0752. The smallest absolute Gasteiger partial charge is 0.242 e. The van der Waals surface area contributed by atoms with E-state index in [9.17, 15) is 4.79 Å². The molecule has 1 aromatic heterocycles. The summed E-state index contributed by atoms with van der Waals surface area (Å²) < 4.78 is 2.18. The van der Waals surface area contributed by atoms with Crippen LogP contribution in [0.1, 0.15) is 10.5 Å². The second-order valence-electron chi connectivity index (χ2n) is 3.43. The Morgan fingerprint density at radius 2 is 1.88 bits per heavy atom. The molecule has 0 atom stereocenters. The molecule has 0 saturated carbocycles. The van der Waals surface area contributed by atoms with Gasteiger partial charge >= 0.3 is 0 Å². The summed E-state index contributed by atoms with van der Waals surface area (Å²) in [4.78, 5) is 21.6. The standard InChI is InChI=1S/C9H10I2N4O/c10-9(16)7-5-13-8(6-12-7)14-1-3-15(11)4-2-14/h5-6H,1-4H2. The molecule has 1 fully saturated rings. The predicted octanol–water partition coefficient (Wildman–Crippen LogP) is 1.52. The number of rotatable bonds is 2. The lowest BCUT2D eigenvalue weighted by Crippen LogP contribution is -2.42. The molecule has 16 heavy (non-hydrogen) atoms. The van der Waals surface area contributed by atoms with Crippen molar-refractivity contribution in [3.8, 4) is 0 Å². The average molecular weight is 444 g/mol. The second-order valence-corrected chi connectivity index (χ2v) is 5.77. The van der Waals surface area contributed by atoms with Crippen LogP contribution in [0.15, 0.2) is 12.4 Å². The highest BCUT2D eigenvalue weighted by Crippen LogP contribution is 2.14. The van der Waals surface area contributed by atoms with Gasteiger partial charge in [-0.25, -0.2) is 13.1 Å². The lowest BCUT2D eigenvalue weighted by molar-refractivity contribution is 0.110. The number of hydrogen-bond acceptors (Lipinski definition) is 5. The zero-order valence-corrected chi connectivity index (χ0v) is 12.8. The molecule has 0 spiro atoms. The maximum Gasteiger partial charge on any atom is 0.242 e. The van der Waals surface area contributed by atoms with Crippen LogP contribution in [0.25, 0.3) is 0 Å². The number of piperazine rings is 1. The number of nitrogens with zero attached hydrogens (tertiary/aromatic N) is 4. The van der Waals surface area contributed by atoms with Gasteiger partial charge in [0.15, 0.2) is 0 Å². The van der Waals surface area contributed by atoms with Gasteiger partial charge in [0.1, 0.15) is 11.5 Å². The Morgan fingerprint density at radius 1 is 1.19 bits per heavy atom. The number of carbonyl (C=O) groups excluding carboxylic acids is 1. The number of carbonyl (C=O) groups is 1. The van der Waals surface area contributed by atoms with Crippen molar-refractivity contribution in [1.82, 2.24) is 13.1 Å². The zero-order chi connectivity index (χ0) is 11.5. The van der Waals surface area contributed by atoms with Crippen LogP contribution in [0.4, 0.5) is 5.82 Å². The van der Waals surface area contributed by atoms with Gasteiger partial charge in [0.05, 0.1) is 12.4 Å². The van der Waals surface area contributed by atoms with Gasteiger partial charge in [0.2, 0.25) is 3.79 Å². The van der Waals surface area contributed by atoms with E-state index in [2.05, 4.69) is 40.8 Å². The Kier molecular flexibility index (Phi) is 4.30. The predicted molar refractivity (Wildman–Crippen MR) is 78.2 cm³/mol. The van der Waals surface area contributed by atoms with Gasteiger partial charge in [-0.2, -0.15) is 0 Å². The molecule has 0 aliphatic carbocycles. The number of anilines is 1. The molecule has 5 nitrogen and oxygen atoms in total. The Hall–Kier alpha value is -0.0300. The van der Waals surface area contributed by atoms with Gasteiger partial charge in [-0.1, -0.05) is 0 Å². The van der Waals surface area contributed by atoms with Crippen LogP contribution < -0.4 is 4.90 Å². The molecular weight excluding hydrogens is 434 g/mol. The first-order chi connectivity index (χ1) is 7.66. The van der Waals surface area contributed by atoms with E-state index in [-0.39, 0.29) is 3.79 Å². The molecule has 0 amide bonds. The summed E-state index contributed by atoms with van der Waals surface area (Å²) in [5.41, 5.74) is 0.414. The minimum Gasteiger partial charge on any atom is -0.353 e. The molecule has 86 valence electrons. The summed E-state index contributed by atoms with van der Waals surface area (Å²) in [7, 11) is 0. The maximum atomic E-state index is 11.0. The van der Waals surface area contributed by atoms with Crippen molar-refractivity contribution in [2.75, 3.05) is 31.1 Å². The SMILES string of the molecule is O=C(I)c1cnc(N2CCN(I)CC2)cn1. The first-order valence-corrected chi connectivity index (χ1v) is 6.89. The zero-order valence-electron chi connectivity index (χ0n) is 8.44. The summed E-state index contributed by atoms with van der Waals surface area (Å²) in [6.45, 7) is 3.95. The van der Waals surface area contributed by atoms with E-state index in [1.165, 1.54) is 0 Å². The number of aromatic nitrogens is 2. The fourth-order valence-electron chi connectivity index (χ4n) is 1.50. The lowest BCUT2D eigenvalue weighted by atomic mass is 10.3. The van der Waals surface area contributed by atoms with Gasteiger partial charge in [-0.05, 0) is 0 Å². The Bertz CT molecular complexity index is 376. The van der Waals surface area contributed by atoms with Crippen molar-refractivity contribution in [2.24, 2.45) is 0 Å². The highest BCUT2D eigenvalue weighted by Gasteiger charge is 2.16. The normalized spacial score (nSPS) is 17.5. The van der Waals surface area contributed by atoms with Gasteiger partial charge < -0.3 is 4.90 Å². The van der Waals surface area contributed by atoms with Crippen LogP contribution >= 0.6 is 45.5 Å². The van der Waals surface area contributed by atoms with Crippen molar-refractivity contribution in [3.05, 3.63) is 18.1 Å². The van der Waals surface area contributed by atoms with Crippen molar-refractivity contribution in [2.45, 2.75) is 0 Å². The average Bonchev–Trinajstić information content (AvgIpc) is 2.30. The van der Waals surface area contributed by atoms with E-state index in [4.69, 9.17) is 0 Å². The highest BCUT2D eigenvalue weighted by molar-refractivity contribution is 14.1. The molecule has 2 rings (SSSR count). The fourth-order valence-corrected chi connectivity index (χ4v) is 2.21. The van der Waals surface area contributed by atoms with E-state index >= 15 is 0 Å². The molecule has 7 heteroatoms. The largest absolute Gasteiger partial charge is 0.353 e. The van der Waals surface area contributed by atoms with E-state index in [0.717, 1.165) is 32.0 Å². The third-order valence-corrected chi connectivity index (χ3v) is 3.91. The van der Waals surface area contributed by atoms with Crippen LogP contribution in [-0.4, -0.2) is 43.1 Å². The van der Waals surface area contributed by atoms with E-state index < -0.39 is 0 Å². The molecule has 0 unspecified atom stereocenters. The molecule has 0 N–H and O–H groups in total. The molecule has 1 aliphatic heterocycles. The van der Waals surface area contributed by atoms with E-state index in [1.807, 2.05) is 0 Å². The van der Waals surface area contributed by atoms with Crippen LogP contribution in [0, 0.1) is 0 Å². The molecule has 1 aliphatic rings. The molecule has 0 aromatic carbocycles. The summed E-state index contributed by atoms with van der Waals surface area (Å²) >= 11 is 4.04. The Balaban J connectivity index is 2.07. The third-order valence-electron chi connectivity index (χ3n) is 2.39. The van der Waals surface area contributed by atoms with Gasteiger partial charge in [0.25, 0.3) is 0 Å². The Morgan fingerprint density at radius 3 is 2.38 bits per heavy atom. The monoisotopic (exact) mass is 444 g/mol. The molecule has 1 saturated heterocycles. The maximum absolute atomic E-state index is 11.0. The highest BCUT2D eigenvalue weighted by atomic mass is 127. The second kappa shape index (κ2) is 5.54. The fraction of sp³-hybridized carbons (Fsp3) is 0.444. The quantitative estimate of drug-likeness (QED) is 0.394. The molecule has 0 bridgehead atoms. The molecule has 0 radical (unpaired) electrons. The first-order valence-electron chi connectivity index (χ1n) is 4.84. The molecule has 1 aromatic rings. The van der Waals surface area contributed by atoms with Crippen molar-refractivity contribution < 1.29 is 4.79 Å². The topological polar surface area (TPSA) is 49.3 Å². The van der Waals surface area contributed by atoms with E-state index in [0.29, 0.717) is 5.69 Å². The Labute approximate surface area is 121 Å². The van der Waals surface area contributed by atoms with Crippen LogP contribution in [0.5, 0.6) is 0 Å². The first kappa shape index (κ1) is 12.4. The van der Waals surface area contributed by atoms with Crippen LogP contribution in [-0.2, 0) is 0 Å². The van der Waals surface area contributed by atoms with Crippen LogP contribution in [0.3, 0.4) is 0 Å². The summed E-state index contributed by atoms with van der Waals surface area (Å²) in [6, 6.07) is 0. The minimum absolute atomic E-state index is 0.0752. The van der Waals surface area contributed by atoms with Crippen molar-refractivity contribution >= 4 is 55.1 Å². The third kappa shape index (κ3) is 3.00. The van der Waals surface area contributed by atoms with Gasteiger partial charge in [0, 0.05) is 71.6 Å². The summed E-state index contributed by atoms with van der Waals surface area (Å²) in [5.74, 6) is 0.853. The number of hydrogen-bond donors (Lipinski definition) is 0. The van der Waals surface area contributed by atoms with Crippen molar-refractivity contribution in [3.63, 3.8) is 0 Å². The van der Waals surface area contributed by atoms with Gasteiger partial charge in [-0.15, -0.1) is 0 Å². The molecule has 2 heterocycles. The van der Waals surface area contributed by atoms with Gasteiger partial charge in [-0.3, -0.25) is 4.79 Å². The molecular formula is C9H10I2N4O. The number of halogens is 2. The van der Waals surface area contributed by atoms with Crippen molar-refractivity contribution in [1.29, 1.82) is 0 Å². The van der Waals surface area contributed by atoms with Crippen LogP contribution in [0.2, 0.25) is 0 Å². The summed E-state index contributed by atoms with van der Waals surface area (Å²) in [5, 5.41) is 0. The van der Waals surface area contributed by atoms with E-state index in [1.54, 1.807) is 35.0 Å². The lowest BCUT2D eigenvalue weighted by Gasteiger charge is -2.31.